The van der Waals surface area contributed by atoms with Gasteiger partial charge in [0, 0.05) is 46.5 Å². The van der Waals surface area contributed by atoms with E-state index in [1.165, 1.54) is 4.90 Å². The minimum atomic E-state index is -0.994. The number of rotatable bonds is 5. The number of aromatic nitrogens is 1. The summed E-state index contributed by atoms with van der Waals surface area (Å²) in [4.78, 5) is 34.8. The number of benzene rings is 1. The number of hydrogen-bond acceptors (Lipinski definition) is 8. The number of para-hydroxylation sites is 2. The number of fused-ring (bicyclic) bond motifs is 2. The largest absolute Gasteiger partial charge is 0.488 e. The van der Waals surface area contributed by atoms with Crippen LogP contribution in [-0.4, -0.2) is 108 Å². The Balaban J connectivity index is 1.81. The molecule has 1 atom stereocenters. The summed E-state index contributed by atoms with van der Waals surface area (Å²) in [5.74, 6) is 0.682. The lowest BCUT2D eigenvalue weighted by molar-refractivity contribution is -0.132. The minimum absolute atomic E-state index is 0.0343. The highest BCUT2D eigenvalue weighted by molar-refractivity contribution is 5.96. The number of hydrogen-bond donors (Lipinski definition) is 2. The number of nitrogens with zero attached hydrogens (tertiary/aromatic N) is 4. The molecule has 178 valence electrons. The van der Waals surface area contributed by atoms with Crippen molar-refractivity contribution in [1.29, 1.82) is 0 Å². The zero-order chi connectivity index (χ0) is 23.8. The Hall–Kier alpha value is -3.21. The molecule has 33 heavy (non-hydrogen) atoms. The molecule has 3 rings (SSSR count). The van der Waals surface area contributed by atoms with Gasteiger partial charge in [0.25, 0.3) is 5.91 Å². The van der Waals surface area contributed by atoms with Gasteiger partial charge < -0.3 is 29.5 Å². The number of aliphatic hydroxyl groups excluding tert-OH is 2. The summed E-state index contributed by atoms with van der Waals surface area (Å²) in [6.07, 6.45) is 0.567. The fourth-order valence-electron chi connectivity index (χ4n) is 3.33. The van der Waals surface area contributed by atoms with E-state index in [1.54, 1.807) is 55.5 Å². The average molecular weight is 459 g/mol. The Bertz CT molecular complexity index is 956. The van der Waals surface area contributed by atoms with Gasteiger partial charge >= 0.3 is 0 Å². The van der Waals surface area contributed by atoms with Gasteiger partial charge in [0.15, 0.2) is 11.5 Å². The Kier molecular flexibility index (Phi) is 8.58. The van der Waals surface area contributed by atoms with E-state index in [0.717, 1.165) is 0 Å². The molecule has 2 amide bonds. The molecule has 10 nitrogen and oxygen atoms in total. The van der Waals surface area contributed by atoms with Crippen LogP contribution < -0.4 is 9.47 Å². The molecule has 2 heterocycles. The van der Waals surface area contributed by atoms with Gasteiger partial charge in [-0.3, -0.25) is 14.5 Å². The first kappa shape index (κ1) is 24.4. The highest BCUT2D eigenvalue weighted by atomic mass is 16.5. The molecule has 0 fully saturated rings. The first-order chi connectivity index (χ1) is 15.9. The van der Waals surface area contributed by atoms with E-state index in [2.05, 4.69) is 4.98 Å². The summed E-state index contributed by atoms with van der Waals surface area (Å²) in [5, 5.41) is 18.6. The molecule has 2 aromatic rings. The third kappa shape index (κ3) is 6.64. The SMILES string of the molecule is CN(CC(O)CO)C(=O)CN1CCOc2ccccc2Oc2ncccc2C(=O)N(C)CC1. The lowest BCUT2D eigenvalue weighted by atomic mass is 10.2. The van der Waals surface area contributed by atoms with Gasteiger partial charge in [-0.1, -0.05) is 12.1 Å². The van der Waals surface area contributed by atoms with E-state index >= 15 is 0 Å². The molecule has 0 aliphatic carbocycles. The Labute approximate surface area is 192 Å². The van der Waals surface area contributed by atoms with Crippen LogP contribution in [0.2, 0.25) is 0 Å². The van der Waals surface area contributed by atoms with Gasteiger partial charge in [-0.25, -0.2) is 4.98 Å². The maximum absolute atomic E-state index is 13.1. The second-order valence-electron chi connectivity index (χ2n) is 7.87. The van der Waals surface area contributed by atoms with Crippen LogP contribution in [0.25, 0.3) is 0 Å². The summed E-state index contributed by atoms with van der Waals surface area (Å²) in [7, 11) is 3.26. The Morgan fingerprint density at radius 1 is 1.18 bits per heavy atom. The summed E-state index contributed by atoms with van der Waals surface area (Å²) in [6.45, 7) is 1.23. The molecule has 0 spiro atoms. The smallest absolute Gasteiger partial charge is 0.259 e. The van der Waals surface area contributed by atoms with Gasteiger partial charge in [-0.05, 0) is 24.3 Å². The predicted molar refractivity (Wildman–Crippen MR) is 120 cm³/mol. The first-order valence-electron chi connectivity index (χ1n) is 10.7. The van der Waals surface area contributed by atoms with Crippen LogP contribution in [0.15, 0.2) is 42.6 Å². The fraction of sp³-hybridized carbons (Fsp3) is 0.435. The molecular weight excluding hydrogens is 428 g/mol. The molecule has 10 heteroatoms. The van der Waals surface area contributed by atoms with Crippen molar-refractivity contribution in [3.63, 3.8) is 0 Å². The van der Waals surface area contributed by atoms with Crippen molar-refractivity contribution >= 4 is 11.8 Å². The highest BCUT2D eigenvalue weighted by Crippen LogP contribution is 2.32. The molecule has 1 aromatic carbocycles. The second kappa shape index (κ2) is 11.6. The maximum atomic E-state index is 13.1. The van der Waals surface area contributed by atoms with Crippen molar-refractivity contribution in [1.82, 2.24) is 19.7 Å². The number of carbonyl (C=O) groups is 2. The van der Waals surface area contributed by atoms with E-state index in [4.69, 9.17) is 14.6 Å². The van der Waals surface area contributed by atoms with Gasteiger partial charge in [0.1, 0.15) is 12.2 Å². The van der Waals surface area contributed by atoms with E-state index in [0.29, 0.717) is 43.3 Å². The molecule has 1 aromatic heterocycles. The molecule has 0 saturated heterocycles. The van der Waals surface area contributed by atoms with E-state index in [-0.39, 0.29) is 30.8 Å². The van der Waals surface area contributed by atoms with Crippen molar-refractivity contribution in [3.8, 4) is 17.4 Å². The first-order valence-corrected chi connectivity index (χ1v) is 10.7. The molecule has 1 aliphatic rings. The Morgan fingerprint density at radius 2 is 1.94 bits per heavy atom. The molecule has 0 radical (unpaired) electrons. The summed E-state index contributed by atoms with van der Waals surface area (Å²) in [6, 6.07) is 10.5. The minimum Gasteiger partial charge on any atom is -0.488 e. The molecule has 2 N–H and O–H groups in total. The molecule has 1 aliphatic heterocycles. The topological polar surface area (TPSA) is 116 Å². The van der Waals surface area contributed by atoms with Crippen LogP contribution in [-0.2, 0) is 4.79 Å². The van der Waals surface area contributed by atoms with Gasteiger partial charge in [0.05, 0.1) is 19.3 Å². The predicted octanol–water partition coefficient (Wildman–Crippen LogP) is 0.452. The monoisotopic (exact) mass is 458 g/mol. The maximum Gasteiger partial charge on any atom is 0.259 e. The zero-order valence-corrected chi connectivity index (χ0v) is 18.9. The normalized spacial score (nSPS) is 16.1. The van der Waals surface area contributed by atoms with Crippen LogP contribution >= 0.6 is 0 Å². The number of pyridine rings is 1. The highest BCUT2D eigenvalue weighted by Gasteiger charge is 2.22. The summed E-state index contributed by atoms with van der Waals surface area (Å²) in [5.41, 5.74) is 0.328. The van der Waals surface area contributed by atoms with E-state index in [1.807, 2.05) is 11.0 Å². The zero-order valence-electron chi connectivity index (χ0n) is 18.9. The average Bonchev–Trinajstić information content (AvgIpc) is 2.83. The van der Waals surface area contributed by atoms with Gasteiger partial charge in [-0.2, -0.15) is 0 Å². The number of ether oxygens (including phenoxy) is 2. The molecule has 0 saturated carbocycles. The quantitative estimate of drug-likeness (QED) is 0.664. The number of likely N-dealkylation sites (N-methyl/N-ethyl adjacent to an activating group) is 2. The molecule has 0 bridgehead atoms. The third-order valence-corrected chi connectivity index (χ3v) is 5.30. The number of amides is 2. The lowest BCUT2D eigenvalue weighted by Gasteiger charge is -2.27. The lowest BCUT2D eigenvalue weighted by Crippen LogP contribution is -2.45. The van der Waals surface area contributed by atoms with E-state index < -0.39 is 12.7 Å². The molecule has 1 unspecified atom stereocenters. The molecular formula is C23H30N4O6. The third-order valence-electron chi connectivity index (χ3n) is 5.30. The van der Waals surface area contributed by atoms with Crippen LogP contribution in [0.4, 0.5) is 0 Å². The van der Waals surface area contributed by atoms with Crippen molar-refractivity contribution in [3.05, 3.63) is 48.2 Å². The van der Waals surface area contributed by atoms with Crippen molar-refractivity contribution in [2.24, 2.45) is 0 Å². The van der Waals surface area contributed by atoms with Crippen LogP contribution in [0.3, 0.4) is 0 Å². The Morgan fingerprint density at radius 3 is 2.70 bits per heavy atom. The summed E-state index contributed by atoms with van der Waals surface area (Å²) >= 11 is 0. The van der Waals surface area contributed by atoms with Crippen molar-refractivity contribution in [2.75, 3.05) is 60.0 Å². The van der Waals surface area contributed by atoms with Crippen molar-refractivity contribution < 1.29 is 29.3 Å². The van der Waals surface area contributed by atoms with Gasteiger partial charge in [-0.15, -0.1) is 0 Å². The van der Waals surface area contributed by atoms with Crippen LogP contribution in [0, 0.1) is 0 Å². The van der Waals surface area contributed by atoms with E-state index in [9.17, 15) is 14.7 Å². The van der Waals surface area contributed by atoms with Crippen molar-refractivity contribution in [2.45, 2.75) is 6.10 Å². The standard InChI is InChI=1S/C23H30N4O6/c1-25-10-11-27(15-21(30)26(2)14-17(29)16-28)12-13-32-19-7-3-4-8-20(19)33-22-18(23(25)31)6-5-9-24-22/h3-9,17,28-29H,10-16H2,1-2H3. The van der Waals surface area contributed by atoms with Crippen LogP contribution in [0.1, 0.15) is 10.4 Å². The summed E-state index contributed by atoms with van der Waals surface area (Å²) < 4.78 is 11.9. The number of aliphatic hydroxyl groups is 2. The van der Waals surface area contributed by atoms with Crippen LogP contribution in [0.5, 0.6) is 17.4 Å². The van der Waals surface area contributed by atoms with Gasteiger partial charge in [0.2, 0.25) is 11.8 Å². The second-order valence-corrected chi connectivity index (χ2v) is 7.87. The fourth-order valence-corrected chi connectivity index (χ4v) is 3.33. The number of carbonyl (C=O) groups excluding carboxylic acids is 2.